The lowest BCUT2D eigenvalue weighted by Gasteiger charge is -2.15. The Morgan fingerprint density at radius 2 is 2.06 bits per heavy atom. The second-order valence-corrected chi connectivity index (χ2v) is 4.49. The monoisotopic (exact) mass is 246 g/mol. The van der Waals surface area contributed by atoms with E-state index >= 15 is 0 Å². The van der Waals surface area contributed by atoms with Gasteiger partial charge in [-0.3, -0.25) is 4.98 Å². The Morgan fingerprint density at radius 3 is 2.71 bits per heavy atom. The molecule has 2 nitrogen and oxygen atoms in total. The number of halogens is 1. The Morgan fingerprint density at radius 1 is 1.24 bits per heavy atom. The number of hydrogen-bond acceptors (Lipinski definition) is 2. The molecule has 0 saturated heterocycles. The molecule has 0 fully saturated rings. The Kier molecular flexibility index (Phi) is 3.64. The van der Waals surface area contributed by atoms with Crippen LogP contribution in [0.3, 0.4) is 0 Å². The molecule has 0 aliphatic rings. The Hall–Kier alpha value is -1.54. The number of pyridine rings is 1. The zero-order valence-corrected chi connectivity index (χ0v) is 10.7. The summed E-state index contributed by atoms with van der Waals surface area (Å²) in [7, 11) is 0. The lowest BCUT2D eigenvalue weighted by atomic mass is 10.2. The first-order valence-corrected chi connectivity index (χ1v) is 5.98. The Labute approximate surface area is 107 Å². The van der Waals surface area contributed by atoms with Gasteiger partial charge in [0.15, 0.2) is 0 Å². The summed E-state index contributed by atoms with van der Waals surface area (Å²) in [5.41, 5.74) is 3.12. The molecule has 3 heteroatoms. The Balaban J connectivity index is 2.13. The van der Waals surface area contributed by atoms with Gasteiger partial charge in [0, 0.05) is 16.9 Å². The quantitative estimate of drug-likeness (QED) is 0.877. The molecule has 0 amide bonds. The van der Waals surface area contributed by atoms with Crippen LogP contribution in [0.1, 0.15) is 24.2 Å². The van der Waals surface area contributed by atoms with Crippen LogP contribution in [0.4, 0.5) is 5.69 Å². The summed E-state index contributed by atoms with van der Waals surface area (Å²) in [5, 5.41) is 4.16. The van der Waals surface area contributed by atoms with Crippen molar-refractivity contribution in [3.8, 4) is 0 Å². The number of nitrogens with one attached hydrogen (secondary N) is 1. The van der Waals surface area contributed by atoms with Crippen molar-refractivity contribution < 1.29 is 0 Å². The van der Waals surface area contributed by atoms with Crippen molar-refractivity contribution in [3.05, 3.63) is 58.9 Å². The van der Waals surface area contributed by atoms with Gasteiger partial charge in [0.05, 0.1) is 11.7 Å². The van der Waals surface area contributed by atoms with E-state index in [9.17, 15) is 0 Å². The van der Waals surface area contributed by atoms with E-state index in [0.717, 1.165) is 22.0 Å². The molecule has 1 heterocycles. The molecule has 1 aromatic carbocycles. The highest BCUT2D eigenvalue weighted by atomic mass is 35.5. The normalized spacial score (nSPS) is 12.2. The van der Waals surface area contributed by atoms with E-state index in [-0.39, 0.29) is 6.04 Å². The highest BCUT2D eigenvalue weighted by Crippen LogP contribution is 2.23. The van der Waals surface area contributed by atoms with Gasteiger partial charge in [0.2, 0.25) is 0 Å². The van der Waals surface area contributed by atoms with Gasteiger partial charge in [-0.25, -0.2) is 0 Å². The van der Waals surface area contributed by atoms with E-state index in [2.05, 4.69) is 17.2 Å². The molecule has 1 unspecified atom stereocenters. The van der Waals surface area contributed by atoms with E-state index in [0.29, 0.717) is 0 Å². The lowest BCUT2D eigenvalue weighted by molar-refractivity contribution is 0.839. The zero-order chi connectivity index (χ0) is 12.3. The largest absolute Gasteiger partial charge is 0.377 e. The summed E-state index contributed by atoms with van der Waals surface area (Å²) in [5.74, 6) is 0. The summed E-state index contributed by atoms with van der Waals surface area (Å²) in [6.07, 6.45) is 1.80. The van der Waals surface area contributed by atoms with Crippen LogP contribution < -0.4 is 5.32 Å². The summed E-state index contributed by atoms with van der Waals surface area (Å²) in [6, 6.07) is 12.1. The average Bonchev–Trinajstić information content (AvgIpc) is 2.35. The number of nitrogens with zero attached hydrogens (tertiary/aromatic N) is 1. The van der Waals surface area contributed by atoms with Gasteiger partial charge >= 0.3 is 0 Å². The van der Waals surface area contributed by atoms with Crippen molar-refractivity contribution >= 4 is 17.3 Å². The molecular formula is C14H15ClN2. The van der Waals surface area contributed by atoms with Gasteiger partial charge in [-0.05, 0) is 43.7 Å². The maximum atomic E-state index is 6.09. The first-order chi connectivity index (χ1) is 8.16. The van der Waals surface area contributed by atoms with Gasteiger partial charge < -0.3 is 5.32 Å². The zero-order valence-electron chi connectivity index (χ0n) is 9.94. The molecule has 0 saturated carbocycles. The van der Waals surface area contributed by atoms with Crippen LogP contribution in [0.2, 0.25) is 5.02 Å². The van der Waals surface area contributed by atoms with Gasteiger partial charge in [0.1, 0.15) is 0 Å². The van der Waals surface area contributed by atoms with Crippen LogP contribution in [0.5, 0.6) is 0 Å². The molecule has 2 aromatic rings. The third-order valence-electron chi connectivity index (χ3n) is 2.69. The van der Waals surface area contributed by atoms with Crippen molar-refractivity contribution in [2.75, 3.05) is 5.32 Å². The minimum Gasteiger partial charge on any atom is -0.377 e. The van der Waals surface area contributed by atoms with E-state index in [1.54, 1.807) is 6.20 Å². The minimum atomic E-state index is 0.162. The first kappa shape index (κ1) is 11.9. The standard InChI is InChI=1S/C14H15ClN2/c1-10-6-7-12(9-13(10)15)17-11(2)14-5-3-4-8-16-14/h3-9,11,17H,1-2H3. The predicted molar refractivity (Wildman–Crippen MR) is 72.5 cm³/mol. The summed E-state index contributed by atoms with van der Waals surface area (Å²) < 4.78 is 0. The molecule has 0 spiro atoms. The fourth-order valence-corrected chi connectivity index (χ4v) is 1.82. The average molecular weight is 247 g/mol. The van der Waals surface area contributed by atoms with Crippen LogP contribution in [0.15, 0.2) is 42.6 Å². The molecule has 1 N–H and O–H groups in total. The third-order valence-corrected chi connectivity index (χ3v) is 3.09. The Bertz CT molecular complexity index is 497. The van der Waals surface area contributed by atoms with Crippen molar-refractivity contribution in [3.63, 3.8) is 0 Å². The molecule has 0 radical (unpaired) electrons. The fourth-order valence-electron chi connectivity index (χ4n) is 1.64. The van der Waals surface area contributed by atoms with Crippen molar-refractivity contribution in [1.82, 2.24) is 4.98 Å². The fraction of sp³-hybridized carbons (Fsp3) is 0.214. The summed E-state index contributed by atoms with van der Waals surface area (Å²) in [4.78, 5) is 4.32. The number of hydrogen-bond donors (Lipinski definition) is 1. The summed E-state index contributed by atoms with van der Waals surface area (Å²) >= 11 is 6.09. The van der Waals surface area contributed by atoms with Crippen LogP contribution in [-0.4, -0.2) is 4.98 Å². The van der Waals surface area contributed by atoms with Gasteiger partial charge in [-0.1, -0.05) is 23.7 Å². The molecule has 1 atom stereocenters. The maximum Gasteiger partial charge on any atom is 0.0657 e. The molecule has 17 heavy (non-hydrogen) atoms. The van der Waals surface area contributed by atoms with Gasteiger partial charge in [-0.15, -0.1) is 0 Å². The lowest BCUT2D eigenvalue weighted by Crippen LogP contribution is -2.08. The molecule has 0 aliphatic carbocycles. The van der Waals surface area contributed by atoms with Crippen molar-refractivity contribution in [2.45, 2.75) is 19.9 Å². The van der Waals surface area contributed by atoms with Crippen LogP contribution >= 0.6 is 11.6 Å². The maximum absolute atomic E-state index is 6.09. The SMILES string of the molecule is Cc1ccc(NC(C)c2ccccn2)cc1Cl. The van der Waals surface area contributed by atoms with E-state index < -0.39 is 0 Å². The topological polar surface area (TPSA) is 24.9 Å². The highest BCUT2D eigenvalue weighted by Gasteiger charge is 2.06. The predicted octanol–water partition coefficient (Wildman–Crippen LogP) is 4.22. The second-order valence-electron chi connectivity index (χ2n) is 4.08. The third kappa shape index (κ3) is 2.98. The van der Waals surface area contributed by atoms with Crippen molar-refractivity contribution in [2.24, 2.45) is 0 Å². The van der Waals surface area contributed by atoms with Gasteiger partial charge in [0.25, 0.3) is 0 Å². The molecule has 2 rings (SSSR count). The number of aryl methyl sites for hydroxylation is 1. The number of anilines is 1. The highest BCUT2D eigenvalue weighted by molar-refractivity contribution is 6.31. The minimum absolute atomic E-state index is 0.162. The number of benzene rings is 1. The number of rotatable bonds is 3. The molecular weight excluding hydrogens is 232 g/mol. The first-order valence-electron chi connectivity index (χ1n) is 5.60. The summed E-state index contributed by atoms with van der Waals surface area (Å²) in [6.45, 7) is 4.07. The van der Waals surface area contributed by atoms with Crippen LogP contribution in [-0.2, 0) is 0 Å². The molecule has 88 valence electrons. The number of aromatic nitrogens is 1. The van der Waals surface area contributed by atoms with Gasteiger partial charge in [-0.2, -0.15) is 0 Å². The van der Waals surface area contributed by atoms with E-state index in [1.807, 2.05) is 43.3 Å². The van der Waals surface area contributed by atoms with Crippen molar-refractivity contribution in [1.29, 1.82) is 0 Å². The molecule has 0 aliphatic heterocycles. The van der Waals surface area contributed by atoms with Crippen LogP contribution in [0.25, 0.3) is 0 Å². The van der Waals surface area contributed by atoms with E-state index in [1.165, 1.54) is 0 Å². The van der Waals surface area contributed by atoms with Crippen LogP contribution in [0, 0.1) is 6.92 Å². The van der Waals surface area contributed by atoms with E-state index in [4.69, 9.17) is 11.6 Å². The second kappa shape index (κ2) is 5.19. The molecule has 0 bridgehead atoms. The molecule has 1 aromatic heterocycles. The smallest absolute Gasteiger partial charge is 0.0657 e.